The predicted octanol–water partition coefficient (Wildman–Crippen LogP) is 3.61. The van der Waals surface area contributed by atoms with Gasteiger partial charge in [0.1, 0.15) is 23.8 Å². The van der Waals surface area contributed by atoms with E-state index >= 15 is 0 Å². The van der Waals surface area contributed by atoms with E-state index in [0.29, 0.717) is 56.6 Å². The van der Waals surface area contributed by atoms with Crippen LogP contribution in [0.1, 0.15) is 28.5 Å². The number of hydrogen-bond donors (Lipinski definition) is 1. The minimum absolute atomic E-state index is 0.171. The average Bonchev–Trinajstić information content (AvgIpc) is 3.33. The molecule has 4 rings (SSSR count). The third-order valence-corrected chi connectivity index (χ3v) is 5.77. The third-order valence-electron chi connectivity index (χ3n) is 5.77. The van der Waals surface area contributed by atoms with Crippen molar-refractivity contribution in [2.24, 2.45) is 0 Å². The maximum atomic E-state index is 13.1. The first-order valence-electron chi connectivity index (χ1n) is 11.9. The van der Waals surface area contributed by atoms with Gasteiger partial charge >= 0.3 is 0 Å². The molecule has 2 heterocycles. The Morgan fingerprint density at radius 1 is 1.14 bits per heavy atom. The van der Waals surface area contributed by atoms with Crippen molar-refractivity contribution >= 4 is 23.6 Å². The normalized spacial score (nSPS) is 13.6. The van der Waals surface area contributed by atoms with Gasteiger partial charge in [-0.3, -0.25) is 14.3 Å². The zero-order valence-corrected chi connectivity index (χ0v) is 20.5. The molecule has 0 aliphatic carbocycles. The van der Waals surface area contributed by atoms with Gasteiger partial charge in [0.15, 0.2) is 0 Å². The van der Waals surface area contributed by atoms with Crippen molar-refractivity contribution in [3.05, 3.63) is 77.6 Å². The molecule has 0 radical (unpaired) electrons. The lowest BCUT2D eigenvalue weighted by Crippen LogP contribution is -2.41. The number of aromatic nitrogens is 2. The maximum Gasteiger partial charge on any atom is 0.274 e. The first kappa shape index (κ1) is 25.0. The Labute approximate surface area is 210 Å². The van der Waals surface area contributed by atoms with E-state index in [2.05, 4.69) is 10.4 Å². The largest absolute Gasteiger partial charge is 0.496 e. The molecule has 0 unspecified atom stereocenters. The molecule has 0 saturated carbocycles. The number of para-hydroxylation sites is 1. The Bertz CT molecular complexity index is 1220. The molecule has 9 heteroatoms. The van der Waals surface area contributed by atoms with Crippen LogP contribution >= 0.6 is 0 Å². The number of ether oxygens (including phenoxy) is 3. The number of aryl methyl sites for hydroxylation is 1. The molecule has 1 saturated heterocycles. The first-order valence-corrected chi connectivity index (χ1v) is 11.9. The second-order valence-electron chi connectivity index (χ2n) is 8.12. The molecule has 1 fully saturated rings. The number of nitrogens with one attached hydrogen (secondary N) is 1. The van der Waals surface area contributed by atoms with E-state index in [4.69, 9.17) is 14.2 Å². The van der Waals surface area contributed by atoms with E-state index in [1.165, 1.54) is 12.3 Å². The summed E-state index contributed by atoms with van der Waals surface area (Å²) in [7, 11) is 1.61. The highest BCUT2D eigenvalue weighted by molar-refractivity contribution is 6.06. The summed E-state index contributed by atoms with van der Waals surface area (Å²) in [6, 6.07) is 15.1. The minimum Gasteiger partial charge on any atom is -0.496 e. The third kappa shape index (κ3) is 6.11. The summed E-state index contributed by atoms with van der Waals surface area (Å²) in [5.41, 5.74) is 2.42. The van der Waals surface area contributed by atoms with Crippen molar-refractivity contribution in [2.75, 3.05) is 38.7 Å². The lowest BCUT2D eigenvalue weighted by Gasteiger charge is -2.27. The number of nitrogens with zero attached hydrogens (tertiary/aromatic N) is 3. The van der Waals surface area contributed by atoms with Crippen LogP contribution in [0.25, 0.3) is 6.08 Å². The SMILES string of the molecule is CCn1ncc(NC(=O)/C=C/c2ccc(OC)c(COc3ccccc3)c2)c1C(=O)N1CCOCC1. The molecule has 36 heavy (non-hydrogen) atoms. The lowest BCUT2D eigenvalue weighted by atomic mass is 10.1. The van der Waals surface area contributed by atoms with Gasteiger partial charge in [0.05, 0.1) is 32.2 Å². The second-order valence-corrected chi connectivity index (χ2v) is 8.12. The fourth-order valence-electron chi connectivity index (χ4n) is 3.90. The van der Waals surface area contributed by atoms with Gasteiger partial charge in [-0.15, -0.1) is 0 Å². The van der Waals surface area contributed by atoms with Gasteiger partial charge in [-0.2, -0.15) is 5.10 Å². The van der Waals surface area contributed by atoms with Crippen LogP contribution in [0.15, 0.2) is 60.8 Å². The van der Waals surface area contributed by atoms with Gasteiger partial charge < -0.3 is 24.4 Å². The Balaban J connectivity index is 1.45. The van der Waals surface area contributed by atoms with E-state index in [1.807, 2.05) is 55.5 Å². The molecule has 1 N–H and O–H groups in total. The number of hydrogen-bond acceptors (Lipinski definition) is 6. The molecule has 2 aromatic carbocycles. The van der Waals surface area contributed by atoms with Crippen molar-refractivity contribution in [3.8, 4) is 11.5 Å². The van der Waals surface area contributed by atoms with Crippen molar-refractivity contribution in [2.45, 2.75) is 20.1 Å². The number of amides is 2. The van der Waals surface area contributed by atoms with Crippen LogP contribution in [-0.2, 0) is 22.7 Å². The van der Waals surface area contributed by atoms with Crippen LogP contribution in [0.3, 0.4) is 0 Å². The molecule has 1 aliphatic rings. The van der Waals surface area contributed by atoms with Gasteiger partial charge in [-0.25, -0.2) is 0 Å². The molecule has 188 valence electrons. The molecule has 3 aromatic rings. The molecule has 1 aliphatic heterocycles. The van der Waals surface area contributed by atoms with E-state index in [1.54, 1.807) is 22.8 Å². The average molecular weight is 491 g/mol. The highest BCUT2D eigenvalue weighted by Crippen LogP contribution is 2.23. The highest BCUT2D eigenvalue weighted by Gasteiger charge is 2.25. The molecular formula is C27H30N4O5. The Hall–Kier alpha value is -4.11. The Morgan fingerprint density at radius 2 is 1.92 bits per heavy atom. The van der Waals surface area contributed by atoms with Crippen molar-refractivity contribution in [3.63, 3.8) is 0 Å². The lowest BCUT2D eigenvalue weighted by molar-refractivity contribution is -0.111. The number of morpholine rings is 1. The molecular weight excluding hydrogens is 460 g/mol. The van der Waals surface area contributed by atoms with E-state index in [0.717, 1.165) is 16.9 Å². The molecule has 0 spiro atoms. The summed E-state index contributed by atoms with van der Waals surface area (Å²) < 4.78 is 18.3. The number of methoxy groups -OCH3 is 1. The van der Waals surface area contributed by atoms with Gasteiger partial charge in [0, 0.05) is 31.3 Å². The smallest absolute Gasteiger partial charge is 0.274 e. The number of carbonyl (C=O) groups excluding carboxylic acids is 2. The zero-order chi connectivity index (χ0) is 25.3. The molecule has 0 atom stereocenters. The fraction of sp³-hybridized carbons (Fsp3) is 0.296. The van der Waals surface area contributed by atoms with Gasteiger partial charge in [-0.1, -0.05) is 24.3 Å². The summed E-state index contributed by atoms with van der Waals surface area (Å²) in [6.45, 7) is 4.75. The summed E-state index contributed by atoms with van der Waals surface area (Å²) in [6.07, 6.45) is 4.64. The maximum absolute atomic E-state index is 13.1. The van der Waals surface area contributed by atoms with Crippen LogP contribution < -0.4 is 14.8 Å². The van der Waals surface area contributed by atoms with Crippen molar-refractivity contribution in [1.29, 1.82) is 0 Å². The van der Waals surface area contributed by atoms with E-state index < -0.39 is 0 Å². The molecule has 0 bridgehead atoms. The Morgan fingerprint density at radius 3 is 2.64 bits per heavy atom. The van der Waals surface area contributed by atoms with E-state index in [-0.39, 0.29) is 11.8 Å². The molecule has 1 aromatic heterocycles. The van der Waals surface area contributed by atoms with Gasteiger partial charge in [-0.05, 0) is 42.8 Å². The monoisotopic (exact) mass is 490 g/mol. The summed E-state index contributed by atoms with van der Waals surface area (Å²) in [5.74, 6) is 0.926. The van der Waals surface area contributed by atoms with Gasteiger partial charge in [0.2, 0.25) is 5.91 Å². The van der Waals surface area contributed by atoms with E-state index in [9.17, 15) is 9.59 Å². The predicted molar refractivity (Wildman–Crippen MR) is 136 cm³/mol. The number of carbonyl (C=O) groups is 2. The van der Waals surface area contributed by atoms with Crippen LogP contribution in [-0.4, -0.2) is 59.9 Å². The quantitative estimate of drug-likeness (QED) is 0.461. The highest BCUT2D eigenvalue weighted by atomic mass is 16.5. The van der Waals surface area contributed by atoms with Crippen molar-refractivity contribution in [1.82, 2.24) is 14.7 Å². The summed E-state index contributed by atoms with van der Waals surface area (Å²) >= 11 is 0. The number of anilines is 1. The van der Waals surface area contributed by atoms with Gasteiger partial charge in [0.25, 0.3) is 5.91 Å². The minimum atomic E-state index is -0.361. The van der Waals surface area contributed by atoms with Crippen LogP contribution in [0.5, 0.6) is 11.5 Å². The van der Waals surface area contributed by atoms with Crippen LogP contribution in [0.2, 0.25) is 0 Å². The number of benzene rings is 2. The first-order chi connectivity index (χ1) is 17.6. The van der Waals surface area contributed by atoms with Crippen molar-refractivity contribution < 1.29 is 23.8 Å². The molecule has 9 nitrogen and oxygen atoms in total. The number of rotatable bonds is 9. The topological polar surface area (TPSA) is 94.9 Å². The summed E-state index contributed by atoms with van der Waals surface area (Å²) in [4.78, 5) is 27.5. The zero-order valence-electron chi connectivity index (χ0n) is 20.5. The van der Waals surface area contributed by atoms with Crippen LogP contribution in [0, 0.1) is 0 Å². The molecule has 2 amide bonds. The fourth-order valence-corrected chi connectivity index (χ4v) is 3.90. The Kier molecular flexibility index (Phi) is 8.36. The van der Waals surface area contributed by atoms with Crippen LogP contribution in [0.4, 0.5) is 5.69 Å². The summed E-state index contributed by atoms with van der Waals surface area (Å²) in [5, 5.41) is 7.07. The standard InChI is InChI=1S/C27H30N4O5/c1-3-31-26(27(33)30-13-15-35-16-14-30)23(18-28-31)29-25(32)12-10-20-9-11-24(34-2)21(17-20)19-36-22-7-5-4-6-8-22/h4-12,17-18H,3,13-16,19H2,1-2H3,(H,29,32)/b12-10+. The second kappa shape index (κ2) is 12.0.